The second-order valence-corrected chi connectivity index (χ2v) is 5.57. The third-order valence-electron chi connectivity index (χ3n) is 3.86. The number of carboxylic acids is 1. The molecule has 1 saturated carbocycles. The summed E-state index contributed by atoms with van der Waals surface area (Å²) in [5.74, 6) is -1.40. The molecular formula is C15H25NO4. The van der Waals surface area contributed by atoms with Gasteiger partial charge in [-0.05, 0) is 26.2 Å². The second-order valence-electron chi connectivity index (χ2n) is 5.57. The van der Waals surface area contributed by atoms with Crippen LogP contribution in [0.2, 0.25) is 0 Å². The first-order valence-corrected chi connectivity index (χ1v) is 7.22. The zero-order chi connectivity index (χ0) is 15.0. The summed E-state index contributed by atoms with van der Waals surface area (Å²) in [6.45, 7) is 6.39. The number of hydrogen-bond donors (Lipinski definition) is 2. The number of ether oxygens (including phenoxy) is 1. The van der Waals surface area contributed by atoms with Crippen molar-refractivity contribution in [2.24, 2.45) is 5.92 Å². The van der Waals surface area contributed by atoms with Gasteiger partial charge in [0, 0.05) is 13.0 Å². The highest BCUT2D eigenvalue weighted by atomic mass is 16.5. The molecule has 1 fully saturated rings. The van der Waals surface area contributed by atoms with Crippen LogP contribution in [0, 0.1) is 5.92 Å². The van der Waals surface area contributed by atoms with Gasteiger partial charge in [-0.15, -0.1) is 6.58 Å². The van der Waals surface area contributed by atoms with Crippen molar-refractivity contribution >= 4 is 11.9 Å². The van der Waals surface area contributed by atoms with Gasteiger partial charge in [0.05, 0.1) is 18.1 Å². The van der Waals surface area contributed by atoms with E-state index in [1.165, 1.54) is 0 Å². The lowest BCUT2D eigenvalue weighted by molar-refractivity contribution is -0.146. The lowest BCUT2D eigenvalue weighted by atomic mass is 9.74. The number of rotatable bonds is 8. The number of carbonyl (C=O) groups excluding carboxylic acids is 1. The van der Waals surface area contributed by atoms with E-state index in [9.17, 15) is 14.7 Å². The number of hydrogen-bond acceptors (Lipinski definition) is 3. The Morgan fingerprint density at radius 3 is 2.90 bits per heavy atom. The number of aliphatic carboxylic acids is 1. The summed E-state index contributed by atoms with van der Waals surface area (Å²) in [7, 11) is 0. The molecule has 1 rings (SSSR count). The number of nitrogens with one attached hydrogen (secondary N) is 1. The molecule has 0 aromatic carbocycles. The van der Waals surface area contributed by atoms with Gasteiger partial charge >= 0.3 is 5.97 Å². The van der Waals surface area contributed by atoms with E-state index in [1.54, 1.807) is 6.08 Å². The van der Waals surface area contributed by atoms with Gasteiger partial charge in [0.1, 0.15) is 0 Å². The fourth-order valence-electron chi connectivity index (χ4n) is 2.76. The van der Waals surface area contributed by atoms with E-state index in [0.717, 1.165) is 19.3 Å². The highest BCUT2D eigenvalue weighted by Gasteiger charge is 2.41. The average Bonchev–Trinajstić information content (AvgIpc) is 2.38. The van der Waals surface area contributed by atoms with E-state index >= 15 is 0 Å². The van der Waals surface area contributed by atoms with Crippen molar-refractivity contribution in [2.75, 3.05) is 13.2 Å². The summed E-state index contributed by atoms with van der Waals surface area (Å²) in [5, 5.41) is 12.2. The standard InChI is InChI=1S/C15H25NO4/c1-3-10-20-11-6-8-13(17)16-15(2)9-5-4-7-12(15)14(18)19/h3,12H,1,4-11H2,2H3,(H,16,17)(H,18,19). The Morgan fingerprint density at radius 1 is 1.50 bits per heavy atom. The van der Waals surface area contributed by atoms with E-state index in [1.807, 2.05) is 6.92 Å². The maximum absolute atomic E-state index is 11.9. The molecule has 2 unspecified atom stereocenters. The Balaban J connectivity index is 2.41. The van der Waals surface area contributed by atoms with E-state index < -0.39 is 17.4 Å². The summed E-state index contributed by atoms with van der Waals surface area (Å²) in [5.41, 5.74) is -0.622. The van der Waals surface area contributed by atoms with Gasteiger partial charge in [-0.2, -0.15) is 0 Å². The Hall–Kier alpha value is -1.36. The smallest absolute Gasteiger partial charge is 0.308 e. The molecule has 114 valence electrons. The summed E-state index contributed by atoms with van der Waals surface area (Å²) >= 11 is 0. The van der Waals surface area contributed by atoms with Gasteiger partial charge < -0.3 is 15.2 Å². The Kier molecular flexibility index (Phi) is 6.71. The van der Waals surface area contributed by atoms with Crippen molar-refractivity contribution < 1.29 is 19.4 Å². The molecule has 1 aliphatic carbocycles. The maximum atomic E-state index is 11.9. The normalized spacial score (nSPS) is 25.9. The summed E-state index contributed by atoms with van der Waals surface area (Å²) < 4.78 is 5.22. The van der Waals surface area contributed by atoms with Gasteiger partial charge in [-0.1, -0.05) is 18.9 Å². The number of carbonyl (C=O) groups is 2. The molecule has 5 nitrogen and oxygen atoms in total. The van der Waals surface area contributed by atoms with E-state index in [4.69, 9.17) is 4.74 Å². The zero-order valence-electron chi connectivity index (χ0n) is 12.2. The van der Waals surface area contributed by atoms with Gasteiger partial charge in [0.2, 0.25) is 5.91 Å². The van der Waals surface area contributed by atoms with Crippen LogP contribution < -0.4 is 5.32 Å². The van der Waals surface area contributed by atoms with Crippen LogP contribution in [0.3, 0.4) is 0 Å². The molecule has 0 radical (unpaired) electrons. The molecule has 0 bridgehead atoms. The minimum atomic E-state index is -0.818. The first-order valence-electron chi connectivity index (χ1n) is 7.22. The molecule has 1 amide bonds. The average molecular weight is 283 g/mol. The molecule has 0 aromatic heterocycles. The summed E-state index contributed by atoms with van der Waals surface area (Å²) in [4.78, 5) is 23.2. The molecule has 2 N–H and O–H groups in total. The predicted octanol–water partition coefficient (Wildman–Crippen LogP) is 2.12. The lowest BCUT2D eigenvalue weighted by Crippen LogP contribution is -2.55. The van der Waals surface area contributed by atoms with Gasteiger partial charge in [-0.25, -0.2) is 0 Å². The first kappa shape index (κ1) is 16.7. The molecule has 2 atom stereocenters. The fraction of sp³-hybridized carbons (Fsp3) is 0.733. The Morgan fingerprint density at radius 2 is 2.25 bits per heavy atom. The van der Waals surface area contributed by atoms with E-state index in [2.05, 4.69) is 11.9 Å². The van der Waals surface area contributed by atoms with Crippen LogP contribution >= 0.6 is 0 Å². The van der Waals surface area contributed by atoms with Crippen LogP contribution in [0.5, 0.6) is 0 Å². The van der Waals surface area contributed by atoms with Crippen molar-refractivity contribution in [3.05, 3.63) is 12.7 Å². The molecule has 20 heavy (non-hydrogen) atoms. The largest absolute Gasteiger partial charge is 0.481 e. The third kappa shape index (κ3) is 4.96. The molecule has 0 aromatic rings. The van der Waals surface area contributed by atoms with Crippen molar-refractivity contribution in [1.82, 2.24) is 5.32 Å². The van der Waals surface area contributed by atoms with E-state index in [0.29, 0.717) is 32.5 Å². The number of carboxylic acid groups (broad SMARTS) is 1. The fourth-order valence-corrected chi connectivity index (χ4v) is 2.76. The van der Waals surface area contributed by atoms with Crippen molar-refractivity contribution in [3.63, 3.8) is 0 Å². The molecule has 1 aliphatic rings. The quantitative estimate of drug-likeness (QED) is 0.528. The number of amides is 1. The highest BCUT2D eigenvalue weighted by Crippen LogP contribution is 2.33. The summed E-state index contributed by atoms with van der Waals surface area (Å²) in [6, 6.07) is 0. The van der Waals surface area contributed by atoms with Crippen LogP contribution in [0.25, 0.3) is 0 Å². The van der Waals surface area contributed by atoms with Crippen LogP contribution in [0.15, 0.2) is 12.7 Å². The zero-order valence-corrected chi connectivity index (χ0v) is 12.2. The molecule has 0 saturated heterocycles. The SMILES string of the molecule is C=CCOCCCC(=O)NC1(C)CCCCC1C(=O)O. The lowest BCUT2D eigenvalue weighted by Gasteiger charge is -2.39. The molecule has 0 aliphatic heterocycles. The third-order valence-corrected chi connectivity index (χ3v) is 3.86. The van der Waals surface area contributed by atoms with Crippen LogP contribution in [0.4, 0.5) is 0 Å². The predicted molar refractivity (Wildman–Crippen MR) is 76.4 cm³/mol. The molecule has 0 heterocycles. The van der Waals surface area contributed by atoms with Crippen LogP contribution in [-0.2, 0) is 14.3 Å². The second kappa shape index (κ2) is 8.04. The van der Waals surface area contributed by atoms with Gasteiger partial charge in [0.25, 0.3) is 0 Å². The Labute approximate surface area is 120 Å². The molecule has 5 heteroatoms. The first-order chi connectivity index (χ1) is 9.49. The monoisotopic (exact) mass is 283 g/mol. The highest BCUT2D eigenvalue weighted by molar-refractivity contribution is 5.79. The van der Waals surface area contributed by atoms with Gasteiger partial charge in [0.15, 0.2) is 0 Å². The minimum Gasteiger partial charge on any atom is -0.481 e. The molecule has 0 spiro atoms. The Bertz CT molecular complexity index is 356. The van der Waals surface area contributed by atoms with Crippen molar-refractivity contribution in [2.45, 2.75) is 51.0 Å². The minimum absolute atomic E-state index is 0.0946. The van der Waals surface area contributed by atoms with Crippen LogP contribution in [0.1, 0.15) is 45.4 Å². The molecular weight excluding hydrogens is 258 g/mol. The van der Waals surface area contributed by atoms with Crippen molar-refractivity contribution in [3.8, 4) is 0 Å². The van der Waals surface area contributed by atoms with Crippen LogP contribution in [-0.4, -0.2) is 35.7 Å². The topological polar surface area (TPSA) is 75.6 Å². The van der Waals surface area contributed by atoms with Gasteiger partial charge in [-0.3, -0.25) is 9.59 Å². The van der Waals surface area contributed by atoms with Crippen molar-refractivity contribution in [1.29, 1.82) is 0 Å². The van der Waals surface area contributed by atoms with E-state index in [-0.39, 0.29) is 5.91 Å². The summed E-state index contributed by atoms with van der Waals surface area (Å²) in [6.07, 6.45) is 5.89. The maximum Gasteiger partial charge on any atom is 0.308 e.